The maximum absolute atomic E-state index is 15.1. The van der Waals surface area contributed by atoms with Crippen LogP contribution in [-0.2, 0) is 0 Å². The molecule has 188 valence electrons. The fraction of sp³-hybridized carbons (Fsp3) is 0.400. The molecule has 1 saturated heterocycles. The third kappa shape index (κ3) is 5.32. The first-order valence-electron chi connectivity index (χ1n) is 10.3. The minimum absolute atomic E-state index is 0.0529. The zero-order valence-corrected chi connectivity index (χ0v) is 21.9. The lowest BCUT2D eigenvalue weighted by molar-refractivity contribution is 0.0894. The lowest BCUT2D eigenvalue weighted by atomic mass is 10.0. The van der Waals surface area contributed by atoms with Crippen molar-refractivity contribution in [3.8, 4) is 16.5 Å². The summed E-state index contributed by atoms with van der Waals surface area (Å²) in [5, 5.41) is 15.1. The number of nitrogens with zero attached hydrogens (tertiary/aromatic N) is 4. The van der Waals surface area contributed by atoms with Crippen LogP contribution in [0.25, 0.3) is 11.4 Å². The third-order valence-corrected chi connectivity index (χ3v) is 8.24. The highest BCUT2D eigenvalue weighted by Gasteiger charge is 2.34. The molecule has 3 N–H and O–H groups in total. The van der Waals surface area contributed by atoms with Crippen LogP contribution in [0, 0.1) is 6.92 Å². The van der Waals surface area contributed by atoms with E-state index >= 15 is 4.39 Å². The SMILES string of the molecule is Cc1[nH]c(C(=O)N[C@@H]2CCN(c3nc(-c4csc(N(C)C)n4)c(OC(=O)O)s3)C[C@@H]2F)c(Cl)c1Cl. The number of ether oxygens (including phenoxy) is 1. The number of carboxylic acid groups (broad SMARTS) is 1. The monoisotopic (exact) mass is 562 g/mol. The predicted molar refractivity (Wildman–Crippen MR) is 135 cm³/mol. The van der Waals surface area contributed by atoms with E-state index in [9.17, 15) is 9.59 Å². The number of thiazole rings is 2. The first-order chi connectivity index (χ1) is 16.5. The number of nitrogens with one attached hydrogen (secondary N) is 2. The summed E-state index contributed by atoms with van der Waals surface area (Å²) in [6, 6.07) is -0.743. The lowest BCUT2D eigenvalue weighted by Gasteiger charge is -2.34. The van der Waals surface area contributed by atoms with Crippen LogP contribution < -0.4 is 19.9 Å². The topological polar surface area (TPSA) is 124 Å². The second kappa shape index (κ2) is 10.2. The van der Waals surface area contributed by atoms with Gasteiger partial charge in [0.25, 0.3) is 5.91 Å². The normalized spacial score (nSPS) is 17.9. The molecule has 0 saturated carbocycles. The van der Waals surface area contributed by atoms with Crippen molar-refractivity contribution < 1.29 is 23.8 Å². The van der Waals surface area contributed by atoms with Crippen LogP contribution >= 0.6 is 45.9 Å². The molecule has 4 rings (SSSR count). The van der Waals surface area contributed by atoms with Gasteiger partial charge < -0.3 is 29.9 Å². The Morgan fingerprint density at radius 1 is 1.34 bits per heavy atom. The van der Waals surface area contributed by atoms with Gasteiger partial charge in [-0.25, -0.2) is 19.2 Å². The van der Waals surface area contributed by atoms with E-state index in [0.717, 1.165) is 16.5 Å². The van der Waals surface area contributed by atoms with Crippen molar-refractivity contribution in [3.05, 3.63) is 26.8 Å². The molecule has 0 bridgehead atoms. The number of amides is 1. The van der Waals surface area contributed by atoms with Crippen LogP contribution in [0.15, 0.2) is 5.38 Å². The second-order valence-electron chi connectivity index (χ2n) is 7.99. The highest BCUT2D eigenvalue weighted by Crippen LogP contribution is 2.41. The molecular weight excluding hydrogens is 542 g/mol. The number of aryl methyl sites for hydroxylation is 1. The number of aromatic amines is 1. The first kappa shape index (κ1) is 25.5. The van der Waals surface area contributed by atoms with E-state index in [2.05, 4.69) is 20.3 Å². The van der Waals surface area contributed by atoms with Crippen molar-refractivity contribution >= 4 is 68.2 Å². The van der Waals surface area contributed by atoms with E-state index in [1.165, 1.54) is 11.3 Å². The molecule has 1 amide bonds. The summed E-state index contributed by atoms with van der Waals surface area (Å²) < 4.78 is 20.0. The Kier molecular flexibility index (Phi) is 7.40. The Labute approximate surface area is 217 Å². The molecule has 0 aromatic carbocycles. The number of piperidine rings is 1. The summed E-state index contributed by atoms with van der Waals surface area (Å²) in [7, 11) is 3.68. The van der Waals surface area contributed by atoms with Crippen molar-refractivity contribution in [1.82, 2.24) is 20.3 Å². The van der Waals surface area contributed by atoms with Crippen LogP contribution in [0.1, 0.15) is 22.6 Å². The standard InChI is InChI=1S/C20H21Cl2FN6O4S2/c1-8-12(21)13(22)15(24-8)16(30)25-10-4-5-29(6-9(10)23)19-27-14(17(35-19)33-20(31)32)11-7-34-18(26-11)28(2)3/h7,9-10,24H,4-6H2,1-3H3,(H,25,30)(H,31,32)/t9-,10+/m0/s1. The minimum atomic E-state index is -1.48. The zero-order valence-electron chi connectivity index (χ0n) is 18.8. The van der Waals surface area contributed by atoms with Gasteiger partial charge in [0.15, 0.2) is 10.3 Å². The first-order valence-corrected chi connectivity index (χ1v) is 12.8. The van der Waals surface area contributed by atoms with E-state index in [1.54, 1.807) is 17.2 Å². The molecule has 10 nitrogen and oxygen atoms in total. The van der Waals surface area contributed by atoms with Crippen LogP contribution in [-0.4, -0.2) is 71.5 Å². The number of H-pyrrole nitrogens is 1. The van der Waals surface area contributed by atoms with Gasteiger partial charge in [-0.2, -0.15) is 0 Å². The predicted octanol–water partition coefficient (Wildman–Crippen LogP) is 4.68. The molecule has 15 heteroatoms. The van der Waals surface area contributed by atoms with Gasteiger partial charge >= 0.3 is 6.16 Å². The van der Waals surface area contributed by atoms with Crippen LogP contribution in [0.2, 0.25) is 10.0 Å². The van der Waals surface area contributed by atoms with Gasteiger partial charge in [-0.3, -0.25) is 4.79 Å². The number of alkyl halides is 1. The van der Waals surface area contributed by atoms with Gasteiger partial charge in [0, 0.05) is 31.7 Å². The maximum Gasteiger partial charge on any atom is 0.512 e. The largest absolute Gasteiger partial charge is 0.512 e. The molecule has 0 radical (unpaired) electrons. The Hall–Kier alpha value is -2.61. The summed E-state index contributed by atoms with van der Waals surface area (Å²) >= 11 is 14.5. The molecule has 2 atom stereocenters. The molecular formula is C20H21Cl2FN6O4S2. The van der Waals surface area contributed by atoms with Crippen molar-refractivity contribution in [1.29, 1.82) is 0 Å². The summed E-state index contributed by atoms with van der Waals surface area (Å²) in [4.78, 5) is 39.1. The van der Waals surface area contributed by atoms with E-state index < -0.39 is 24.3 Å². The highest BCUT2D eigenvalue weighted by molar-refractivity contribution is 7.18. The van der Waals surface area contributed by atoms with Crippen LogP contribution in [0.3, 0.4) is 0 Å². The molecule has 1 aliphatic rings. The number of halogens is 3. The van der Waals surface area contributed by atoms with Gasteiger partial charge in [-0.05, 0) is 13.3 Å². The number of anilines is 2. The quantitative estimate of drug-likeness (QED) is 0.370. The van der Waals surface area contributed by atoms with Crippen molar-refractivity contribution in [2.75, 3.05) is 37.0 Å². The van der Waals surface area contributed by atoms with Crippen molar-refractivity contribution in [2.45, 2.75) is 25.6 Å². The van der Waals surface area contributed by atoms with Gasteiger partial charge in [-0.1, -0.05) is 34.5 Å². The van der Waals surface area contributed by atoms with Crippen LogP contribution in [0.4, 0.5) is 19.4 Å². The molecule has 0 unspecified atom stereocenters. The minimum Gasteiger partial charge on any atom is -0.449 e. The van der Waals surface area contributed by atoms with E-state index in [1.807, 2.05) is 19.0 Å². The average molecular weight is 563 g/mol. The average Bonchev–Trinajstić information content (AvgIpc) is 3.50. The molecule has 3 aromatic heterocycles. The summed E-state index contributed by atoms with van der Waals surface area (Å²) in [6.07, 6.45) is -2.59. The van der Waals surface area contributed by atoms with Gasteiger partial charge in [0.1, 0.15) is 23.3 Å². The molecule has 4 heterocycles. The molecule has 35 heavy (non-hydrogen) atoms. The molecule has 1 aliphatic heterocycles. The second-order valence-corrected chi connectivity index (χ2v) is 10.5. The fourth-order valence-electron chi connectivity index (χ4n) is 3.53. The third-order valence-electron chi connectivity index (χ3n) is 5.29. The smallest absolute Gasteiger partial charge is 0.449 e. The number of hydrogen-bond acceptors (Lipinski definition) is 9. The Balaban J connectivity index is 1.49. The van der Waals surface area contributed by atoms with E-state index in [0.29, 0.717) is 29.5 Å². The number of carbonyl (C=O) groups excluding carboxylic acids is 1. The highest BCUT2D eigenvalue weighted by atomic mass is 35.5. The van der Waals surface area contributed by atoms with Crippen LogP contribution in [0.5, 0.6) is 5.06 Å². The van der Waals surface area contributed by atoms with Gasteiger partial charge in [-0.15, -0.1) is 11.3 Å². The van der Waals surface area contributed by atoms with Gasteiger partial charge in [0.2, 0.25) is 5.06 Å². The summed E-state index contributed by atoms with van der Waals surface area (Å²) in [5.41, 5.74) is 1.37. The molecule has 3 aromatic rings. The lowest BCUT2D eigenvalue weighted by Crippen LogP contribution is -2.52. The zero-order chi connectivity index (χ0) is 25.4. The van der Waals surface area contributed by atoms with E-state index in [4.69, 9.17) is 33.0 Å². The molecule has 1 fully saturated rings. The summed E-state index contributed by atoms with van der Waals surface area (Å²) in [6.45, 7) is 2.00. The maximum atomic E-state index is 15.1. The number of carbonyl (C=O) groups is 2. The molecule has 0 spiro atoms. The van der Waals surface area contributed by atoms with Gasteiger partial charge in [0.05, 0.1) is 22.6 Å². The van der Waals surface area contributed by atoms with Crippen molar-refractivity contribution in [3.63, 3.8) is 0 Å². The van der Waals surface area contributed by atoms with E-state index in [-0.39, 0.29) is 33.0 Å². The Morgan fingerprint density at radius 2 is 2.09 bits per heavy atom. The number of hydrogen-bond donors (Lipinski definition) is 3. The molecule has 0 aliphatic carbocycles. The fourth-order valence-corrected chi connectivity index (χ4v) is 5.65. The number of rotatable bonds is 6. The Morgan fingerprint density at radius 3 is 2.66 bits per heavy atom. The number of aromatic nitrogens is 3. The van der Waals surface area contributed by atoms with Crippen molar-refractivity contribution in [2.24, 2.45) is 0 Å². The summed E-state index contributed by atoms with van der Waals surface area (Å²) in [5.74, 6) is -0.542. The Bertz CT molecular complexity index is 1260.